The molecule has 2 aliphatic heterocycles. The summed E-state index contributed by atoms with van der Waals surface area (Å²) in [5, 5.41) is 3.50. The first-order valence-corrected chi connectivity index (χ1v) is 6.69. The summed E-state index contributed by atoms with van der Waals surface area (Å²) in [6.07, 6.45) is 6.07. The number of rotatable bonds is 1. The zero-order chi connectivity index (χ0) is 12.3. The van der Waals surface area contributed by atoms with Gasteiger partial charge in [-0.3, -0.25) is 0 Å². The molecule has 98 valence electrons. The summed E-state index contributed by atoms with van der Waals surface area (Å²) in [5.41, 5.74) is 0.230. The molecule has 3 heterocycles. The minimum Gasteiger partial charge on any atom is -0.379 e. The van der Waals surface area contributed by atoms with Crippen molar-refractivity contribution < 1.29 is 4.74 Å². The molecule has 2 aliphatic rings. The van der Waals surface area contributed by atoms with Gasteiger partial charge >= 0.3 is 0 Å². The fourth-order valence-electron chi connectivity index (χ4n) is 2.91. The Balaban J connectivity index is 1.78. The highest BCUT2D eigenvalue weighted by Gasteiger charge is 2.36. The van der Waals surface area contributed by atoms with Gasteiger partial charge in [-0.05, 0) is 25.5 Å². The molecule has 1 spiro atoms. The zero-order valence-electron chi connectivity index (χ0n) is 10.6. The van der Waals surface area contributed by atoms with E-state index in [0.717, 1.165) is 45.3 Å². The Morgan fingerprint density at radius 3 is 3.00 bits per heavy atom. The predicted molar refractivity (Wildman–Crippen MR) is 69.6 cm³/mol. The first-order valence-electron chi connectivity index (χ1n) is 6.69. The lowest BCUT2D eigenvalue weighted by Gasteiger charge is -2.38. The molecule has 18 heavy (non-hydrogen) atoms. The molecule has 0 amide bonds. The van der Waals surface area contributed by atoms with E-state index in [1.807, 2.05) is 6.07 Å². The molecule has 0 bridgehead atoms. The Morgan fingerprint density at radius 1 is 1.33 bits per heavy atom. The van der Waals surface area contributed by atoms with Crippen molar-refractivity contribution in [1.29, 1.82) is 0 Å². The normalized spacial score (nSPS) is 29.2. The van der Waals surface area contributed by atoms with Gasteiger partial charge in [0.2, 0.25) is 5.95 Å². The number of piperidine rings is 1. The Hall–Kier alpha value is -1.20. The Bertz CT molecular complexity index is 378. The van der Waals surface area contributed by atoms with Crippen molar-refractivity contribution in [3.05, 3.63) is 18.5 Å². The average Bonchev–Trinajstić information content (AvgIpc) is 2.64. The van der Waals surface area contributed by atoms with E-state index in [-0.39, 0.29) is 5.41 Å². The van der Waals surface area contributed by atoms with Crippen molar-refractivity contribution in [2.24, 2.45) is 5.41 Å². The maximum absolute atomic E-state index is 5.80. The first kappa shape index (κ1) is 11.9. The predicted octanol–water partition coefficient (Wildman–Crippen LogP) is 0.683. The molecule has 0 aliphatic carbocycles. The third kappa shape index (κ3) is 2.47. The molecule has 0 unspecified atom stereocenters. The van der Waals surface area contributed by atoms with Crippen LogP contribution in [0, 0.1) is 5.41 Å². The molecule has 1 aromatic rings. The number of aromatic nitrogens is 2. The van der Waals surface area contributed by atoms with E-state index in [2.05, 4.69) is 20.2 Å². The minimum atomic E-state index is 0.230. The van der Waals surface area contributed by atoms with E-state index in [4.69, 9.17) is 4.74 Å². The van der Waals surface area contributed by atoms with Gasteiger partial charge < -0.3 is 15.0 Å². The van der Waals surface area contributed by atoms with Crippen LogP contribution < -0.4 is 10.2 Å². The zero-order valence-corrected chi connectivity index (χ0v) is 10.6. The molecule has 2 fully saturated rings. The molecule has 5 nitrogen and oxygen atoms in total. The molecule has 0 aromatic carbocycles. The number of nitrogens with one attached hydrogen (secondary N) is 1. The lowest BCUT2D eigenvalue weighted by molar-refractivity contribution is 0.0536. The number of ether oxygens (including phenoxy) is 1. The van der Waals surface area contributed by atoms with E-state index in [9.17, 15) is 0 Å². The number of anilines is 1. The van der Waals surface area contributed by atoms with Crippen LogP contribution in [0.4, 0.5) is 5.95 Å². The van der Waals surface area contributed by atoms with E-state index < -0.39 is 0 Å². The highest BCUT2D eigenvalue weighted by Crippen LogP contribution is 2.30. The van der Waals surface area contributed by atoms with Crippen LogP contribution in [0.3, 0.4) is 0 Å². The van der Waals surface area contributed by atoms with Crippen LogP contribution in [-0.2, 0) is 4.74 Å². The molecule has 1 N–H and O–H groups in total. The van der Waals surface area contributed by atoms with Gasteiger partial charge in [0.05, 0.1) is 13.2 Å². The van der Waals surface area contributed by atoms with Crippen LogP contribution in [0.15, 0.2) is 18.5 Å². The lowest BCUT2D eigenvalue weighted by atomic mass is 9.81. The van der Waals surface area contributed by atoms with Gasteiger partial charge in [-0.2, -0.15) is 0 Å². The summed E-state index contributed by atoms with van der Waals surface area (Å²) in [6, 6.07) is 1.86. The Kier molecular flexibility index (Phi) is 3.43. The van der Waals surface area contributed by atoms with Crippen molar-refractivity contribution in [3.8, 4) is 0 Å². The van der Waals surface area contributed by atoms with Crippen LogP contribution in [0.1, 0.15) is 12.8 Å². The van der Waals surface area contributed by atoms with E-state index in [1.165, 1.54) is 12.8 Å². The van der Waals surface area contributed by atoms with E-state index in [0.29, 0.717) is 0 Å². The maximum Gasteiger partial charge on any atom is 0.225 e. The number of hydrogen-bond donors (Lipinski definition) is 1. The van der Waals surface area contributed by atoms with Crippen molar-refractivity contribution >= 4 is 5.95 Å². The summed E-state index contributed by atoms with van der Waals surface area (Å²) < 4.78 is 5.80. The van der Waals surface area contributed by atoms with Gasteiger partial charge in [0.15, 0.2) is 0 Å². The third-order valence-corrected chi connectivity index (χ3v) is 3.84. The largest absolute Gasteiger partial charge is 0.379 e. The van der Waals surface area contributed by atoms with Crippen LogP contribution in [-0.4, -0.2) is 49.4 Å². The van der Waals surface area contributed by atoms with Gasteiger partial charge in [0.25, 0.3) is 0 Å². The molecule has 0 radical (unpaired) electrons. The summed E-state index contributed by atoms with van der Waals surface area (Å²) in [5.74, 6) is 0.827. The SMILES string of the molecule is c1cnc(N2CCOC[C@@]3(CCCNC3)C2)nc1. The Morgan fingerprint density at radius 2 is 2.22 bits per heavy atom. The van der Waals surface area contributed by atoms with Crippen LogP contribution in [0.25, 0.3) is 0 Å². The molecule has 3 rings (SSSR count). The second-order valence-electron chi connectivity index (χ2n) is 5.30. The Labute approximate surface area is 108 Å². The van der Waals surface area contributed by atoms with Crippen molar-refractivity contribution in [3.63, 3.8) is 0 Å². The van der Waals surface area contributed by atoms with Crippen molar-refractivity contribution in [2.75, 3.05) is 44.3 Å². The second kappa shape index (κ2) is 5.20. The molecule has 1 aromatic heterocycles. The molecular formula is C13H20N4O. The first-order chi connectivity index (χ1) is 8.88. The van der Waals surface area contributed by atoms with Crippen LogP contribution in [0.5, 0.6) is 0 Å². The summed E-state index contributed by atoms with van der Waals surface area (Å²) in [7, 11) is 0. The fraction of sp³-hybridized carbons (Fsp3) is 0.692. The number of hydrogen-bond acceptors (Lipinski definition) is 5. The van der Waals surface area contributed by atoms with Crippen LogP contribution in [0.2, 0.25) is 0 Å². The lowest BCUT2D eigenvalue weighted by Crippen LogP contribution is -2.49. The van der Waals surface area contributed by atoms with E-state index in [1.54, 1.807) is 12.4 Å². The monoisotopic (exact) mass is 248 g/mol. The molecule has 0 saturated carbocycles. The van der Waals surface area contributed by atoms with Crippen LogP contribution >= 0.6 is 0 Å². The van der Waals surface area contributed by atoms with Gasteiger partial charge in [0.1, 0.15) is 0 Å². The van der Waals surface area contributed by atoms with Gasteiger partial charge in [0, 0.05) is 37.4 Å². The minimum absolute atomic E-state index is 0.230. The van der Waals surface area contributed by atoms with Gasteiger partial charge in [-0.25, -0.2) is 9.97 Å². The molecule has 2 saturated heterocycles. The second-order valence-corrected chi connectivity index (χ2v) is 5.30. The van der Waals surface area contributed by atoms with Gasteiger partial charge in [-0.15, -0.1) is 0 Å². The smallest absolute Gasteiger partial charge is 0.225 e. The number of nitrogens with zero attached hydrogens (tertiary/aromatic N) is 3. The third-order valence-electron chi connectivity index (χ3n) is 3.84. The van der Waals surface area contributed by atoms with Crippen molar-refractivity contribution in [1.82, 2.24) is 15.3 Å². The summed E-state index contributed by atoms with van der Waals surface area (Å²) in [6.45, 7) is 5.65. The van der Waals surface area contributed by atoms with Gasteiger partial charge in [-0.1, -0.05) is 0 Å². The maximum atomic E-state index is 5.80. The average molecular weight is 248 g/mol. The standard InChI is InChI=1S/C13H20N4O/c1-3-13(9-14-4-1)10-17(7-8-18-11-13)12-15-5-2-6-16-12/h2,5-6,14H,1,3-4,7-11H2/t13-/m1/s1. The fourth-order valence-corrected chi connectivity index (χ4v) is 2.91. The molecule has 5 heteroatoms. The summed E-state index contributed by atoms with van der Waals surface area (Å²) in [4.78, 5) is 11.0. The quantitative estimate of drug-likeness (QED) is 0.792. The highest BCUT2D eigenvalue weighted by atomic mass is 16.5. The highest BCUT2D eigenvalue weighted by molar-refractivity contribution is 5.29. The van der Waals surface area contributed by atoms with E-state index >= 15 is 0 Å². The molecule has 1 atom stereocenters. The van der Waals surface area contributed by atoms with Crippen molar-refractivity contribution in [2.45, 2.75) is 12.8 Å². The topological polar surface area (TPSA) is 50.3 Å². The summed E-state index contributed by atoms with van der Waals surface area (Å²) >= 11 is 0. The molecular weight excluding hydrogens is 228 g/mol.